The molecule has 0 heterocycles. The fraction of sp³-hybridized carbons (Fsp3) is 0.417. The first-order valence-electron chi connectivity index (χ1n) is 5.55. The highest BCUT2D eigenvalue weighted by atomic mass is 79.9. The van der Waals surface area contributed by atoms with Gasteiger partial charge in [-0.3, -0.25) is 14.9 Å². The number of esters is 1. The summed E-state index contributed by atoms with van der Waals surface area (Å²) in [6, 6.07) is 4.69. The third-order valence-electron chi connectivity index (χ3n) is 2.45. The second-order valence-corrected chi connectivity index (χ2v) is 6.22. The zero-order valence-corrected chi connectivity index (χ0v) is 13.0. The lowest BCUT2D eigenvalue weighted by molar-refractivity contribution is -0.384. The Kier molecular flexibility index (Phi) is 6.30. The van der Waals surface area contributed by atoms with Crippen LogP contribution in [0.3, 0.4) is 0 Å². The molecular weight excluding hydrogens is 334 g/mol. The largest absolute Gasteiger partial charge is 0.469 e. The van der Waals surface area contributed by atoms with Crippen molar-refractivity contribution < 1.29 is 14.5 Å². The molecule has 19 heavy (non-hydrogen) atoms. The molecule has 5 nitrogen and oxygen atoms in total. The van der Waals surface area contributed by atoms with Gasteiger partial charge in [0.05, 0.1) is 18.5 Å². The predicted molar refractivity (Wildman–Crippen MR) is 78.2 cm³/mol. The van der Waals surface area contributed by atoms with E-state index >= 15 is 0 Å². The third-order valence-corrected chi connectivity index (χ3v) is 4.40. The van der Waals surface area contributed by atoms with Crippen molar-refractivity contribution in [3.63, 3.8) is 0 Å². The van der Waals surface area contributed by atoms with Crippen LogP contribution in [0.2, 0.25) is 0 Å². The number of nitrogens with zero attached hydrogens (tertiary/aromatic N) is 1. The number of nitro benzene ring substituents is 1. The van der Waals surface area contributed by atoms with E-state index in [2.05, 4.69) is 20.7 Å². The number of carbonyl (C=O) groups is 1. The molecule has 0 aliphatic carbocycles. The second kappa shape index (κ2) is 7.49. The van der Waals surface area contributed by atoms with Crippen LogP contribution in [-0.2, 0) is 15.3 Å². The highest BCUT2D eigenvalue weighted by Gasteiger charge is 2.12. The van der Waals surface area contributed by atoms with Gasteiger partial charge in [-0.05, 0) is 5.56 Å². The van der Waals surface area contributed by atoms with Crippen molar-refractivity contribution in [2.45, 2.75) is 24.3 Å². The predicted octanol–water partition coefficient (Wildman–Crippen LogP) is 3.54. The summed E-state index contributed by atoms with van der Waals surface area (Å²) in [7, 11) is 1.37. The molecule has 0 amide bonds. The van der Waals surface area contributed by atoms with Gasteiger partial charge >= 0.3 is 5.97 Å². The molecule has 1 rings (SSSR count). The van der Waals surface area contributed by atoms with Crippen LogP contribution in [0.1, 0.15) is 18.9 Å². The van der Waals surface area contributed by atoms with Gasteiger partial charge < -0.3 is 4.74 Å². The molecular formula is C12H14BrNO4S. The smallest absolute Gasteiger partial charge is 0.306 e. The van der Waals surface area contributed by atoms with Crippen LogP contribution in [0.5, 0.6) is 0 Å². The SMILES string of the molecule is COC(=O)CC(C)SCc1ccc([N+](=O)[O-])cc1Br. The average Bonchev–Trinajstić information content (AvgIpc) is 2.36. The van der Waals surface area contributed by atoms with E-state index < -0.39 is 4.92 Å². The van der Waals surface area contributed by atoms with Crippen LogP contribution in [0, 0.1) is 10.1 Å². The van der Waals surface area contributed by atoms with E-state index in [1.165, 1.54) is 19.2 Å². The van der Waals surface area contributed by atoms with Gasteiger partial charge in [0, 0.05) is 27.6 Å². The Balaban J connectivity index is 2.58. The van der Waals surface area contributed by atoms with E-state index in [4.69, 9.17) is 0 Å². The molecule has 0 aliphatic heterocycles. The summed E-state index contributed by atoms with van der Waals surface area (Å²) in [6.07, 6.45) is 0.353. The lowest BCUT2D eigenvalue weighted by Crippen LogP contribution is -2.08. The van der Waals surface area contributed by atoms with Crippen LogP contribution < -0.4 is 0 Å². The summed E-state index contributed by atoms with van der Waals surface area (Å²) in [5.74, 6) is 0.444. The molecule has 0 fully saturated rings. The monoisotopic (exact) mass is 347 g/mol. The molecule has 1 unspecified atom stereocenters. The Morgan fingerprint density at radius 3 is 2.79 bits per heavy atom. The number of ether oxygens (including phenoxy) is 1. The first kappa shape index (κ1) is 16.0. The zero-order chi connectivity index (χ0) is 14.4. The number of hydrogen-bond acceptors (Lipinski definition) is 5. The number of halogens is 1. The van der Waals surface area contributed by atoms with E-state index in [-0.39, 0.29) is 16.9 Å². The van der Waals surface area contributed by atoms with Gasteiger partial charge in [0.15, 0.2) is 0 Å². The van der Waals surface area contributed by atoms with Gasteiger partial charge in [0.25, 0.3) is 5.69 Å². The summed E-state index contributed by atoms with van der Waals surface area (Å²) < 4.78 is 5.31. The maximum atomic E-state index is 11.1. The minimum absolute atomic E-state index is 0.0586. The standard InChI is InChI=1S/C12H14BrNO4S/c1-8(5-12(15)18-2)19-7-9-3-4-10(14(16)17)6-11(9)13/h3-4,6,8H,5,7H2,1-2H3. The van der Waals surface area contributed by atoms with Crippen molar-refractivity contribution in [1.29, 1.82) is 0 Å². The highest BCUT2D eigenvalue weighted by Crippen LogP contribution is 2.28. The normalized spacial score (nSPS) is 11.9. The summed E-state index contributed by atoms with van der Waals surface area (Å²) in [6.45, 7) is 1.95. The minimum atomic E-state index is -0.429. The third kappa shape index (κ3) is 5.20. The second-order valence-electron chi connectivity index (χ2n) is 3.93. The molecule has 0 saturated heterocycles. The molecule has 1 atom stereocenters. The van der Waals surface area contributed by atoms with Gasteiger partial charge in [-0.2, -0.15) is 11.8 Å². The first-order valence-corrected chi connectivity index (χ1v) is 7.39. The van der Waals surface area contributed by atoms with Crippen molar-refractivity contribution in [2.24, 2.45) is 0 Å². The van der Waals surface area contributed by atoms with E-state index in [1.54, 1.807) is 17.8 Å². The average molecular weight is 348 g/mol. The Bertz CT molecular complexity index is 481. The Hall–Kier alpha value is -1.08. The van der Waals surface area contributed by atoms with Gasteiger partial charge in [-0.25, -0.2) is 0 Å². The molecule has 7 heteroatoms. The van der Waals surface area contributed by atoms with Crippen LogP contribution >= 0.6 is 27.7 Å². The molecule has 0 N–H and O–H groups in total. The van der Waals surface area contributed by atoms with Gasteiger partial charge in [0.1, 0.15) is 0 Å². The first-order chi connectivity index (χ1) is 8.93. The number of thioether (sulfide) groups is 1. The number of rotatable bonds is 6. The lowest BCUT2D eigenvalue weighted by Gasteiger charge is -2.10. The fourth-order valence-electron chi connectivity index (χ4n) is 1.38. The Labute approximate surface area is 124 Å². The van der Waals surface area contributed by atoms with E-state index in [9.17, 15) is 14.9 Å². The van der Waals surface area contributed by atoms with Crippen molar-refractivity contribution in [3.8, 4) is 0 Å². The van der Waals surface area contributed by atoms with Crippen molar-refractivity contribution in [3.05, 3.63) is 38.3 Å². The summed E-state index contributed by atoms with van der Waals surface area (Å²) in [5.41, 5.74) is 1.02. The molecule has 1 aromatic rings. The van der Waals surface area contributed by atoms with Crippen molar-refractivity contribution >= 4 is 39.3 Å². The van der Waals surface area contributed by atoms with Gasteiger partial charge in [-0.15, -0.1) is 0 Å². The number of nitro groups is 1. The topological polar surface area (TPSA) is 69.4 Å². The zero-order valence-electron chi connectivity index (χ0n) is 10.6. The maximum Gasteiger partial charge on any atom is 0.306 e. The molecule has 1 aromatic carbocycles. The van der Waals surface area contributed by atoms with Gasteiger partial charge in [-0.1, -0.05) is 28.9 Å². The van der Waals surface area contributed by atoms with Crippen LogP contribution in [0.25, 0.3) is 0 Å². The molecule has 0 saturated carbocycles. The number of methoxy groups -OCH3 is 1. The summed E-state index contributed by atoms with van der Waals surface area (Å²) in [5, 5.41) is 10.7. The van der Waals surface area contributed by atoms with E-state index in [0.29, 0.717) is 16.6 Å². The highest BCUT2D eigenvalue weighted by molar-refractivity contribution is 9.10. The Morgan fingerprint density at radius 2 is 2.26 bits per heavy atom. The number of carbonyl (C=O) groups excluding carboxylic acids is 1. The summed E-state index contributed by atoms with van der Waals surface area (Å²) in [4.78, 5) is 21.3. The van der Waals surface area contributed by atoms with Crippen LogP contribution in [0.15, 0.2) is 22.7 Å². The minimum Gasteiger partial charge on any atom is -0.469 e. The van der Waals surface area contributed by atoms with Crippen LogP contribution in [-0.4, -0.2) is 23.3 Å². The molecule has 0 aliphatic rings. The molecule has 104 valence electrons. The molecule has 0 radical (unpaired) electrons. The van der Waals surface area contributed by atoms with Crippen LogP contribution in [0.4, 0.5) is 5.69 Å². The number of hydrogen-bond donors (Lipinski definition) is 0. The fourth-order valence-corrected chi connectivity index (χ4v) is 3.04. The summed E-state index contributed by atoms with van der Waals surface area (Å²) >= 11 is 4.92. The molecule has 0 aromatic heterocycles. The lowest BCUT2D eigenvalue weighted by atomic mass is 10.2. The van der Waals surface area contributed by atoms with Crippen molar-refractivity contribution in [2.75, 3.05) is 7.11 Å². The maximum absolute atomic E-state index is 11.1. The van der Waals surface area contributed by atoms with Crippen molar-refractivity contribution in [1.82, 2.24) is 0 Å². The molecule has 0 bridgehead atoms. The Morgan fingerprint density at radius 1 is 1.58 bits per heavy atom. The quantitative estimate of drug-likeness (QED) is 0.447. The van der Waals surface area contributed by atoms with E-state index in [0.717, 1.165) is 5.56 Å². The number of benzene rings is 1. The van der Waals surface area contributed by atoms with E-state index in [1.807, 2.05) is 6.92 Å². The molecule has 0 spiro atoms. The number of non-ortho nitro benzene ring substituents is 1. The van der Waals surface area contributed by atoms with Gasteiger partial charge in [0.2, 0.25) is 0 Å².